The van der Waals surface area contributed by atoms with Crippen LogP contribution in [0.15, 0.2) is 0 Å². The minimum atomic E-state index is -5.46. The second-order valence-corrected chi connectivity index (χ2v) is 5.82. The molecule has 0 atom stereocenters. The van der Waals surface area contributed by atoms with Crippen LogP contribution in [-0.4, -0.2) is 202 Å². The van der Waals surface area contributed by atoms with Crippen molar-refractivity contribution in [3.63, 3.8) is 0 Å². The van der Waals surface area contributed by atoms with Crippen LogP contribution in [0.5, 0.6) is 0 Å². The summed E-state index contributed by atoms with van der Waals surface area (Å²) < 4.78 is 36.4. The van der Waals surface area contributed by atoms with Crippen LogP contribution in [0.4, 0.5) is 0 Å². The molecule has 10 nitrogen and oxygen atoms in total. The van der Waals surface area contributed by atoms with Crippen LogP contribution >= 0.6 is 23.5 Å². The van der Waals surface area contributed by atoms with Crippen LogP contribution < -0.4 is 0 Å². The quantitative estimate of drug-likeness (QED) is 0.228. The Morgan fingerprint density at radius 2 is 0.684 bits per heavy atom. The van der Waals surface area contributed by atoms with Crippen molar-refractivity contribution < 1.29 is 46.8 Å². The average molecular weight is 402 g/mol. The molecule has 0 unspecified atom stereocenters. The summed E-state index contributed by atoms with van der Waals surface area (Å²) in [7, 11) is -16.2. The number of hydrogen-bond acceptors (Lipinski definition) is 5. The molecule has 0 amide bonds. The zero-order valence-corrected chi connectivity index (χ0v) is 8.30. The minimum absolute atomic E-state index is 0. The van der Waals surface area contributed by atoms with Crippen LogP contribution in [-0.2, 0) is 22.3 Å². The Labute approximate surface area is 242 Å². The first kappa shape index (κ1) is 44.7. The summed E-state index contributed by atoms with van der Waals surface area (Å²) in [4.78, 5) is 40.2. The molecule has 0 aliphatic rings. The molecule has 0 fully saturated rings. The molecule has 5 N–H and O–H groups in total. The van der Waals surface area contributed by atoms with E-state index >= 15 is 0 Å². The monoisotopic (exact) mass is 402 g/mol. The van der Waals surface area contributed by atoms with E-state index in [1.54, 1.807) is 0 Å². The first-order chi connectivity index (χ1) is 5.41. The predicted molar refractivity (Wildman–Crippen MR) is 79.0 cm³/mol. The zero-order chi connectivity index (χ0) is 10.9. The van der Waals surface area contributed by atoms with Gasteiger partial charge in [-0.1, -0.05) is 0 Å². The van der Waals surface area contributed by atoms with Crippen LogP contribution in [0.1, 0.15) is 0 Å². The van der Waals surface area contributed by atoms with Gasteiger partial charge >= 0.3 is 201 Å². The fourth-order valence-electron chi connectivity index (χ4n) is 0.284. The fourth-order valence-corrected chi connectivity index (χ4v) is 2.82. The van der Waals surface area contributed by atoms with Crippen molar-refractivity contribution in [3.05, 3.63) is 0 Å². The Morgan fingerprint density at radius 3 is 0.789 bits per heavy atom. The van der Waals surface area contributed by atoms with Gasteiger partial charge in [-0.2, -0.15) is 8.62 Å². The van der Waals surface area contributed by atoms with Crippen molar-refractivity contribution >= 4 is 201 Å². The normalized spacial score (nSPS) is 9.95. The summed E-state index contributed by atoms with van der Waals surface area (Å²) in [6.45, 7) is 0. The molecule has 0 aliphatic carbocycles. The van der Waals surface area contributed by atoms with Gasteiger partial charge in [0.05, 0.1) is 0 Å². The Kier molecular flexibility index (Phi) is 45.1. The van der Waals surface area contributed by atoms with E-state index in [4.69, 9.17) is 24.5 Å². The SMILES string of the molecule is O=P(O)(O)OP(=O)(O)OP(=O)(O)O.[NaH].[NaH].[NaH].[NaH].[NaH].[NaH]. The second-order valence-electron chi connectivity index (χ2n) is 1.61. The third kappa shape index (κ3) is 36.2. The summed E-state index contributed by atoms with van der Waals surface area (Å²) in [5.74, 6) is 0. The molecule has 0 aromatic heterocycles. The maximum absolute atomic E-state index is 10.4. The van der Waals surface area contributed by atoms with Gasteiger partial charge in [-0.3, -0.25) is 0 Å². The molecule has 19 heavy (non-hydrogen) atoms. The van der Waals surface area contributed by atoms with Gasteiger partial charge in [0.25, 0.3) is 0 Å². The molecule has 0 rings (SSSR count). The second kappa shape index (κ2) is 19.2. The van der Waals surface area contributed by atoms with Gasteiger partial charge in [0.2, 0.25) is 0 Å². The first-order valence-electron chi connectivity index (χ1n) is 2.28. The Hall–Kier alpha value is 6.41. The molecular formula is H11Na6O10P3. The predicted octanol–water partition coefficient (Wildman–Crippen LogP) is -4.59. The fraction of sp³-hybridized carbons (Fsp3) is 0. The molecule has 0 saturated carbocycles. The van der Waals surface area contributed by atoms with Gasteiger partial charge in [0.1, 0.15) is 0 Å². The molecule has 0 spiro atoms. The number of phosphoric acid groups is 3. The molecule has 0 aliphatic heterocycles. The molecule has 0 aromatic rings. The van der Waals surface area contributed by atoms with E-state index in [9.17, 15) is 13.7 Å². The Balaban J connectivity index is -0.0000000480. The van der Waals surface area contributed by atoms with Crippen molar-refractivity contribution in [3.8, 4) is 0 Å². The zero-order valence-electron chi connectivity index (χ0n) is 5.62. The Morgan fingerprint density at radius 1 is 0.526 bits per heavy atom. The molecule has 0 bridgehead atoms. The van der Waals surface area contributed by atoms with E-state index in [-0.39, 0.29) is 177 Å². The molecule has 0 heterocycles. The van der Waals surface area contributed by atoms with Crippen molar-refractivity contribution in [1.82, 2.24) is 0 Å². The summed E-state index contributed by atoms with van der Waals surface area (Å²) in [5.41, 5.74) is 0. The van der Waals surface area contributed by atoms with Gasteiger partial charge in [0, 0.05) is 0 Å². The standard InChI is InChI=1S/6Na.H5O10P3.6H/c;;;;;;1-11(2,3)9-13(7,8)10-12(4,5)6;;;;;;/h;;;;;;(H,7,8)(H2,1,2,3)(H2,4,5,6);;;;;;. The van der Waals surface area contributed by atoms with Crippen molar-refractivity contribution in [2.75, 3.05) is 0 Å². The summed E-state index contributed by atoms with van der Waals surface area (Å²) >= 11 is 0. The molecule has 19 heteroatoms. The molecule has 0 saturated heterocycles. The van der Waals surface area contributed by atoms with Crippen molar-refractivity contribution in [2.45, 2.75) is 0 Å². The maximum atomic E-state index is 10.4. The molecular weight excluding hydrogens is 391 g/mol. The topological polar surface area (TPSA) is 171 Å². The first-order valence-corrected chi connectivity index (χ1v) is 6.83. The van der Waals surface area contributed by atoms with Crippen LogP contribution in [0, 0.1) is 0 Å². The Bertz CT molecular complexity index is 289. The van der Waals surface area contributed by atoms with E-state index < -0.39 is 23.5 Å². The summed E-state index contributed by atoms with van der Waals surface area (Å²) in [5, 5.41) is 0. The van der Waals surface area contributed by atoms with Crippen molar-refractivity contribution in [1.29, 1.82) is 0 Å². The van der Waals surface area contributed by atoms with E-state index in [0.717, 1.165) is 0 Å². The molecule has 0 aromatic carbocycles. The van der Waals surface area contributed by atoms with Gasteiger partial charge < -0.3 is 24.5 Å². The summed E-state index contributed by atoms with van der Waals surface area (Å²) in [6, 6.07) is 0. The van der Waals surface area contributed by atoms with Gasteiger partial charge in [-0.25, -0.2) is 13.7 Å². The molecule has 92 valence electrons. The van der Waals surface area contributed by atoms with E-state index in [1.165, 1.54) is 0 Å². The molecule has 0 radical (unpaired) electrons. The van der Waals surface area contributed by atoms with Crippen LogP contribution in [0.3, 0.4) is 0 Å². The van der Waals surface area contributed by atoms with Gasteiger partial charge in [0.15, 0.2) is 0 Å². The van der Waals surface area contributed by atoms with E-state index in [1.807, 2.05) is 0 Å². The van der Waals surface area contributed by atoms with Gasteiger partial charge in [-0.15, -0.1) is 0 Å². The van der Waals surface area contributed by atoms with Gasteiger partial charge in [-0.05, 0) is 0 Å². The third-order valence-electron chi connectivity index (χ3n) is 0.419. The average Bonchev–Trinajstić information content (AvgIpc) is 1.43. The van der Waals surface area contributed by atoms with E-state index in [2.05, 4.69) is 8.62 Å². The number of hydrogen-bond donors (Lipinski definition) is 5. The third-order valence-corrected chi connectivity index (χ3v) is 3.77. The number of rotatable bonds is 4. The summed E-state index contributed by atoms with van der Waals surface area (Å²) in [6.07, 6.45) is 0. The van der Waals surface area contributed by atoms with E-state index in [0.29, 0.717) is 0 Å². The van der Waals surface area contributed by atoms with Crippen LogP contribution in [0.2, 0.25) is 0 Å². The van der Waals surface area contributed by atoms with Crippen molar-refractivity contribution in [2.24, 2.45) is 0 Å². The van der Waals surface area contributed by atoms with Crippen LogP contribution in [0.25, 0.3) is 0 Å².